The minimum Gasteiger partial charge on any atom is -0.368 e. The fourth-order valence-electron chi connectivity index (χ4n) is 9.18. The molecule has 1 N–H and O–H groups in total. The van der Waals surface area contributed by atoms with E-state index in [1.54, 1.807) is 0 Å². The predicted octanol–water partition coefficient (Wildman–Crippen LogP) is 16.6. The zero-order chi connectivity index (χ0) is 43.1. The van der Waals surface area contributed by atoms with Crippen molar-refractivity contribution < 1.29 is 0 Å². The van der Waals surface area contributed by atoms with E-state index < -0.39 is 5.54 Å². The van der Waals surface area contributed by atoms with Gasteiger partial charge in [0, 0.05) is 45.3 Å². The Labute approximate surface area is 377 Å². The molecule has 10 rings (SSSR count). The van der Waals surface area contributed by atoms with E-state index in [-0.39, 0.29) is 0 Å². The van der Waals surface area contributed by atoms with Crippen molar-refractivity contribution in [3.63, 3.8) is 0 Å². The second kappa shape index (κ2) is 18.2. The van der Waals surface area contributed by atoms with E-state index in [0.717, 1.165) is 98.3 Å². The molecule has 1 heterocycles. The molecular weight excluding hydrogens is 777 g/mol. The number of fused-ring (bicyclic) bond motifs is 1. The molecule has 4 heteroatoms. The average molecular weight is 827 g/mol. The SMILES string of the molecule is CCCC[C@]1(c2ccccc2)Nc2c(-c3ccc(N(c4ccccc4)c4ccccc4)cc3)ccc(-c3ccc(N(c4ccccc4)c4ccccc4)cc3)c2N=C1c1ccccc1. The van der Waals surface area contributed by atoms with Gasteiger partial charge in [0.15, 0.2) is 0 Å². The number of anilines is 7. The molecule has 0 unspecified atom stereocenters. The van der Waals surface area contributed by atoms with E-state index in [1.165, 1.54) is 5.56 Å². The summed E-state index contributed by atoms with van der Waals surface area (Å²) in [4.78, 5) is 10.5. The monoisotopic (exact) mass is 826 g/mol. The molecular formula is C60H50N4. The van der Waals surface area contributed by atoms with Gasteiger partial charge in [0.25, 0.3) is 0 Å². The van der Waals surface area contributed by atoms with Gasteiger partial charge in [-0.1, -0.05) is 190 Å². The van der Waals surface area contributed by atoms with Crippen LogP contribution in [0.15, 0.2) is 248 Å². The fourth-order valence-corrected chi connectivity index (χ4v) is 9.18. The maximum Gasteiger partial charge on any atom is 0.106 e. The van der Waals surface area contributed by atoms with Gasteiger partial charge in [-0.25, -0.2) is 4.99 Å². The number of nitrogens with one attached hydrogen (secondary N) is 1. The molecule has 1 atom stereocenters. The lowest BCUT2D eigenvalue weighted by Gasteiger charge is -2.42. The van der Waals surface area contributed by atoms with E-state index in [9.17, 15) is 0 Å². The lowest BCUT2D eigenvalue weighted by atomic mass is 9.76. The molecule has 64 heavy (non-hydrogen) atoms. The van der Waals surface area contributed by atoms with Gasteiger partial charge < -0.3 is 15.1 Å². The Bertz CT molecular complexity index is 2880. The summed E-state index contributed by atoms with van der Waals surface area (Å²) in [5.74, 6) is 0. The Morgan fingerprint density at radius 2 is 0.766 bits per heavy atom. The third-order valence-electron chi connectivity index (χ3n) is 12.3. The number of aliphatic imine (C=N–C) groups is 1. The number of benzene rings is 9. The van der Waals surface area contributed by atoms with Gasteiger partial charge in [-0.05, 0) is 101 Å². The quantitative estimate of drug-likeness (QED) is 0.126. The van der Waals surface area contributed by atoms with Gasteiger partial charge in [-0.15, -0.1) is 0 Å². The first-order chi connectivity index (χ1) is 31.7. The van der Waals surface area contributed by atoms with Crippen LogP contribution < -0.4 is 15.1 Å². The van der Waals surface area contributed by atoms with Gasteiger partial charge in [0.05, 0.1) is 17.1 Å². The number of rotatable bonds is 13. The number of nitrogens with zero attached hydrogens (tertiary/aromatic N) is 3. The Balaban J connectivity index is 1.15. The summed E-state index contributed by atoms with van der Waals surface area (Å²) in [6, 6.07) is 86.5. The molecule has 0 aromatic heterocycles. The highest BCUT2D eigenvalue weighted by atomic mass is 15.1. The first-order valence-electron chi connectivity index (χ1n) is 22.4. The zero-order valence-corrected chi connectivity index (χ0v) is 36.1. The molecule has 0 spiro atoms. The fraction of sp³-hybridized carbons (Fsp3) is 0.0833. The second-order valence-electron chi connectivity index (χ2n) is 16.3. The van der Waals surface area contributed by atoms with Gasteiger partial charge in [0.2, 0.25) is 0 Å². The van der Waals surface area contributed by atoms with Crippen LogP contribution in [0, 0.1) is 0 Å². The summed E-state index contributed by atoms with van der Waals surface area (Å²) in [6.45, 7) is 2.27. The van der Waals surface area contributed by atoms with Crippen LogP contribution in [-0.2, 0) is 5.54 Å². The van der Waals surface area contributed by atoms with Crippen LogP contribution >= 0.6 is 0 Å². The predicted molar refractivity (Wildman–Crippen MR) is 271 cm³/mol. The van der Waals surface area contributed by atoms with Crippen LogP contribution in [0.1, 0.15) is 37.3 Å². The van der Waals surface area contributed by atoms with E-state index in [2.05, 4.69) is 265 Å². The van der Waals surface area contributed by atoms with E-state index in [1.807, 2.05) is 0 Å². The molecule has 0 radical (unpaired) electrons. The van der Waals surface area contributed by atoms with Crippen LogP contribution in [0.3, 0.4) is 0 Å². The molecule has 0 saturated heterocycles. The van der Waals surface area contributed by atoms with Crippen molar-refractivity contribution in [3.05, 3.63) is 254 Å². The van der Waals surface area contributed by atoms with Crippen LogP contribution in [-0.4, -0.2) is 5.71 Å². The molecule has 0 aliphatic carbocycles. The molecule has 0 amide bonds. The van der Waals surface area contributed by atoms with Crippen LogP contribution in [0.25, 0.3) is 22.3 Å². The first-order valence-corrected chi connectivity index (χ1v) is 22.4. The molecule has 310 valence electrons. The Morgan fingerprint density at radius 1 is 0.391 bits per heavy atom. The van der Waals surface area contributed by atoms with Crippen molar-refractivity contribution in [3.8, 4) is 22.3 Å². The molecule has 9 aromatic carbocycles. The summed E-state index contributed by atoms with van der Waals surface area (Å²) >= 11 is 0. The standard InChI is InChI=1S/C60H50N4/c1-2-3-44-60(48-24-12-5-13-25-48)59(47-22-10-4-11-23-47)61-57-55(45-34-38-53(39-35-45)63(49-26-14-6-15-27-49)50-28-16-7-17-29-50)42-43-56(58(57)62-60)46-36-40-54(41-37-46)64(51-30-18-8-19-31-51)52-32-20-9-21-33-52/h4-43,62H,2-3,44H2,1H3/t60-/m1/s1. The van der Waals surface area contributed by atoms with Crippen LogP contribution in [0.5, 0.6) is 0 Å². The van der Waals surface area contributed by atoms with Gasteiger partial charge >= 0.3 is 0 Å². The molecule has 4 nitrogen and oxygen atoms in total. The number of hydrogen-bond donors (Lipinski definition) is 1. The number of para-hydroxylation sites is 4. The second-order valence-corrected chi connectivity index (χ2v) is 16.3. The number of hydrogen-bond acceptors (Lipinski definition) is 4. The third kappa shape index (κ3) is 7.87. The molecule has 0 saturated carbocycles. The van der Waals surface area contributed by atoms with Gasteiger partial charge in [0.1, 0.15) is 5.54 Å². The molecule has 9 aromatic rings. The smallest absolute Gasteiger partial charge is 0.106 e. The van der Waals surface area contributed by atoms with E-state index in [4.69, 9.17) is 4.99 Å². The highest BCUT2D eigenvalue weighted by molar-refractivity contribution is 6.15. The lowest BCUT2D eigenvalue weighted by molar-refractivity contribution is 0.552. The highest BCUT2D eigenvalue weighted by Crippen LogP contribution is 2.52. The topological polar surface area (TPSA) is 30.9 Å². The normalized spacial score (nSPS) is 14.2. The maximum absolute atomic E-state index is 5.87. The van der Waals surface area contributed by atoms with E-state index >= 15 is 0 Å². The van der Waals surface area contributed by atoms with E-state index in [0.29, 0.717) is 0 Å². The maximum atomic E-state index is 5.87. The van der Waals surface area contributed by atoms with Gasteiger partial charge in [-0.3, -0.25) is 0 Å². The highest BCUT2D eigenvalue weighted by Gasteiger charge is 2.42. The van der Waals surface area contributed by atoms with Crippen molar-refractivity contribution >= 4 is 51.2 Å². The summed E-state index contributed by atoms with van der Waals surface area (Å²) < 4.78 is 0. The third-order valence-corrected chi connectivity index (χ3v) is 12.3. The Morgan fingerprint density at radius 3 is 1.20 bits per heavy atom. The largest absolute Gasteiger partial charge is 0.368 e. The molecule has 1 aliphatic heterocycles. The minimum atomic E-state index is -0.577. The molecule has 1 aliphatic rings. The average Bonchev–Trinajstić information content (AvgIpc) is 3.37. The summed E-state index contributed by atoms with van der Waals surface area (Å²) in [5, 5.41) is 4.30. The van der Waals surface area contributed by atoms with Crippen molar-refractivity contribution in [2.75, 3.05) is 15.1 Å². The van der Waals surface area contributed by atoms with Crippen LogP contribution in [0.2, 0.25) is 0 Å². The number of unbranched alkanes of at least 4 members (excludes halogenated alkanes) is 1. The molecule has 0 fully saturated rings. The minimum absolute atomic E-state index is 0.577. The van der Waals surface area contributed by atoms with Crippen molar-refractivity contribution in [2.45, 2.75) is 31.7 Å². The Kier molecular flexibility index (Phi) is 11.4. The zero-order valence-electron chi connectivity index (χ0n) is 36.1. The molecule has 0 bridgehead atoms. The summed E-state index contributed by atoms with van der Waals surface area (Å²) in [7, 11) is 0. The van der Waals surface area contributed by atoms with Crippen molar-refractivity contribution in [1.29, 1.82) is 0 Å². The first kappa shape index (κ1) is 40.1. The lowest BCUT2D eigenvalue weighted by Crippen LogP contribution is -2.46. The summed E-state index contributed by atoms with van der Waals surface area (Å²) in [6.07, 6.45) is 2.98. The Hall–Kier alpha value is -7.95. The summed E-state index contributed by atoms with van der Waals surface area (Å²) in [5.41, 5.74) is 15.8. The van der Waals surface area contributed by atoms with Crippen molar-refractivity contribution in [1.82, 2.24) is 0 Å². The van der Waals surface area contributed by atoms with Crippen molar-refractivity contribution in [2.24, 2.45) is 4.99 Å². The van der Waals surface area contributed by atoms with Gasteiger partial charge in [-0.2, -0.15) is 0 Å². The van der Waals surface area contributed by atoms with Crippen LogP contribution in [0.4, 0.5) is 45.5 Å².